The monoisotopic (exact) mass is 137 g/mol. The first-order valence-electron chi connectivity index (χ1n) is 3.33. The summed E-state index contributed by atoms with van der Waals surface area (Å²) < 4.78 is 12.8. The minimum atomic E-state index is -0.902. The van der Waals surface area contributed by atoms with Gasteiger partial charge in [-0.3, -0.25) is 0 Å². The molecule has 1 atom stereocenters. The molecule has 0 aromatic heterocycles. The standard InChI is InChI=1S/C9H10F/c1-2-9(10)8-6-4-3-5-7-8/h3-7,9H,1-2H2. The highest BCUT2D eigenvalue weighted by atomic mass is 19.1. The number of alkyl halides is 1. The zero-order valence-corrected chi connectivity index (χ0v) is 5.76. The van der Waals surface area contributed by atoms with E-state index in [1.807, 2.05) is 18.2 Å². The summed E-state index contributed by atoms with van der Waals surface area (Å²) in [5, 5.41) is 0. The molecule has 0 fully saturated rings. The van der Waals surface area contributed by atoms with E-state index >= 15 is 0 Å². The van der Waals surface area contributed by atoms with Gasteiger partial charge in [-0.1, -0.05) is 37.3 Å². The lowest BCUT2D eigenvalue weighted by molar-refractivity contribution is 0.346. The molecular formula is C9H10F. The maximum absolute atomic E-state index is 12.8. The van der Waals surface area contributed by atoms with Gasteiger partial charge in [-0.15, -0.1) is 0 Å². The third-order valence-electron chi connectivity index (χ3n) is 1.41. The average molecular weight is 137 g/mol. The first-order chi connectivity index (χ1) is 4.84. The lowest BCUT2D eigenvalue weighted by Gasteiger charge is -2.02. The van der Waals surface area contributed by atoms with Crippen LogP contribution in [0.2, 0.25) is 0 Å². The molecule has 1 unspecified atom stereocenters. The molecule has 0 heterocycles. The Morgan fingerprint density at radius 1 is 1.30 bits per heavy atom. The van der Waals surface area contributed by atoms with Gasteiger partial charge in [0, 0.05) is 0 Å². The van der Waals surface area contributed by atoms with Crippen LogP contribution in [-0.2, 0) is 0 Å². The predicted octanol–water partition coefficient (Wildman–Crippen LogP) is 2.92. The molecule has 0 aliphatic rings. The fraction of sp³-hybridized carbons (Fsp3) is 0.222. The van der Waals surface area contributed by atoms with Crippen LogP contribution in [0, 0.1) is 6.92 Å². The maximum atomic E-state index is 12.8. The molecule has 0 N–H and O–H groups in total. The fourth-order valence-electron chi connectivity index (χ4n) is 0.829. The first-order valence-corrected chi connectivity index (χ1v) is 3.33. The minimum absolute atomic E-state index is 0.310. The van der Waals surface area contributed by atoms with Crippen molar-refractivity contribution in [2.75, 3.05) is 0 Å². The Morgan fingerprint density at radius 3 is 2.40 bits per heavy atom. The molecule has 1 radical (unpaired) electrons. The molecule has 10 heavy (non-hydrogen) atoms. The van der Waals surface area contributed by atoms with Gasteiger partial charge in [0.05, 0.1) is 0 Å². The summed E-state index contributed by atoms with van der Waals surface area (Å²) in [6, 6.07) is 9.08. The summed E-state index contributed by atoms with van der Waals surface area (Å²) in [5.41, 5.74) is 0.720. The second-order valence-corrected chi connectivity index (χ2v) is 2.17. The first kappa shape index (κ1) is 7.26. The molecule has 0 amide bonds. The van der Waals surface area contributed by atoms with Crippen LogP contribution < -0.4 is 0 Å². The van der Waals surface area contributed by atoms with Crippen LogP contribution in [0.4, 0.5) is 4.39 Å². The Hall–Kier alpha value is -0.850. The Balaban J connectivity index is 2.75. The van der Waals surface area contributed by atoms with E-state index in [2.05, 4.69) is 6.92 Å². The van der Waals surface area contributed by atoms with Crippen molar-refractivity contribution in [3.05, 3.63) is 42.8 Å². The number of rotatable bonds is 2. The van der Waals surface area contributed by atoms with Crippen LogP contribution in [0.25, 0.3) is 0 Å². The molecule has 1 aromatic rings. The van der Waals surface area contributed by atoms with Crippen LogP contribution in [0.5, 0.6) is 0 Å². The summed E-state index contributed by atoms with van der Waals surface area (Å²) >= 11 is 0. The van der Waals surface area contributed by atoms with Gasteiger partial charge in [0.25, 0.3) is 0 Å². The van der Waals surface area contributed by atoms with Gasteiger partial charge in [0.1, 0.15) is 6.17 Å². The Kier molecular flexibility index (Phi) is 2.43. The van der Waals surface area contributed by atoms with Gasteiger partial charge in [0.15, 0.2) is 0 Å². The molecule has 0 aliphatic heterocycles. The summed E-state index contributed by atoms with van der Waals surface area (Å²) in [6.07, 6.45) is -0.592. The van der Waals surface area contributed by atoms with E-state index < -0.39 is 6.17 Å². The number of hydrogen-bond donors (Lipinski definition) is 0. The highest BCUT2D eigenvalue weighted by Gasteiger charge is 2.03. The van der Waals surface area contributed by atoms with Crippen molar-refractivity contribution < 1.29 is 4.39 Å². The van der Waals surface area contributed by atoms with Crippen molar-refractivity contribution in [1.82, 2.24) is 0 Å². The molecule has 1 heteroatoms. The van der Waals surface area contributed by atoms with Crippen LogP contribution in [0.3, 0.4) is 0 Å². The molecule has 0 saturated heterocycles. The van der Waals surface area contributed by atoms with Gasteiger partial charge in [-0.25, -0.2) is 4.39 Å². The summed E-state index contributed by atoms with van der Waals surface area (Å²) in [5.74, 6) is 0. The van der Waals surface area contributed by atoms with Crippen molar-refractivity contribution in [3.8, 4) is 0 Å². The van der Waals surface area contributed by atoms with E-state index in [0.29, 0.717) is 6.42 Å². The van der Waals surface area contributed by atoms with Gasteiger partial charge >= 0.3 is 0 Å². The van der Waals surface area contributed by atoms with Crippen LogP contribution in [0.15, 0.2) is 30.3 Å². The predicted molar refractivity (Wildman–Crippen MR) is 40.3 cm³/mol. The maximum Gasteiger partial charge on any atom is 0.125 e. The summed E-state index contributed by atoms with van der Waals surface area (Å²) in [6.45, 7) is 3.49. The lowest BCUT2D eigenvalue weighted by Crippen LogP contribution is -1.87. The summed E-state index contributed by atoms with van der Waals surface area (Å²) in [4.78, 5) is 0. The van der Waals surface area contributed by atoms with E-state index in [1.165, 1.54) is 0 Å². The van der Waals surface area contributed by atoms with E-state index in [-0.39, 0.29) is 0 Å². The topological polar surface area (TPSA) is 0 Å². The van der Waals surface area contributed by atoms with Gasteiger partial charge in [-0.2, -0.15) is 0 Å². The third-order valence-corrected chi connectivity index (χ3v) is 1.41. The minimum Gasteiger partial charge on any atom is -0.242 e. The number of halogens is 1. The Morgan fingerprint density at radius 2 is 1.90 bits per heavy atom. The molecule has 1 rings (SSSR count). The van der Waals surface area contributed by atoms with E-state index in [0.717, 1.165) is 5.56 Å². The number of benzene rings is 1. The van der Waals surface area contributed by atoms with Crippen molar-refractivity contribution in [1.29, 1.82) is 0 Å². The number of hydrogen-bond acceptors (Lipinski definition) is 0. The quantitative estimate of drug-likeness (QED) is 0.588. The second-order valence-electron chi connectivity index (χ2n) is 2.17. The highest BCUT2D eigenvalue weighted by Crippen LogP contribution is 2.19. The third kappa shape index (κ3) is 1.56. The molecule has 0 spiro atoms. The van der Waals surface area contributed by atoms with Gasteiger partial charge in [-0.05, 0) is 12.0 Å². The normalized spacial score (nSPS) is 13.0. The van der Waals surface area contributed by atoms with Crippen molar-refractivity contribution in [2.45, 2.75) is 12.6 Å². The average Bonchev–Trinajstić information content (AvgIpc) is 2.05. The molecule has 1 aromatic carbocycles. The molecular weight excluding hydrogens is 127 g/mol. The smallest absolute Gasteiger partial charge is 0.125 e. The van der Waals surface area contributed by atoms with Crippen LogP contribution in [0.1, 0.15) is 18.2 Å². The fourth-order valence-corrected chi connectivity index (χ4v) is 0.829. The SMILES string of the molecule is [CH2]CC(F)c1ccccc1. The van der Waals surface area contributed by atoms with E-state index in [4.69, 9.17) is 0 Å². The Bertz CT molecular complexity index is 181. The van der Waals surface area contributed by atoms with Crippen molar-refractivity contribution in [3.63, 3.8) is 0 Å². The zero-order chi connectivity index (χ0) is 7.40. The molecule has 0 saturated carbocycles. The van der Waals surface area contributed by atoms with Crippen molar-refractivity contribution in [2.24, 2.45) is 0 Å². The largest absolute Gasteiger partial charge is 0.242 e. The lowest BCUT2D eigenvalue weighted by atomic mass is 10.1. The van der Waals surface area contributed by atoms with Crippen molar-refractivity contribution >= 4 is 0 Å². The summed E-state index contributed by atoms with van der Waals surface area (Å²) in [7, 11) is 0. The van der Waals surface area contributed by atoms with Crippen LogP contribution >= 0.6 is 0 Å². The molecule has 0 bridgehead atoms. The Labute approximate surface area is 60.7 Å². The van der Waals surface area contributed by atoms with Gasteiger partial charge in [0.2, 0.25) is 0 Å². The highest BCUT2D eigenvalue weighted by molar-refractivity contribution is 5.17. The second kappa shape index (κ2) is 3.35. The molecule has 53 valence electrons. The molecule has 0 aliphatic carbocycles. The zero-order valence-electron chi connectivity index (χ0n) is 5.76. The van der Waals surface area contributed by atoms with E-state index in [9.17, 15) is 4.39 Å². The van der Waals surface area contributed by atoms with E-state index in [1.54, 1.807) is 12.1 Å². The van der Waals surface area contributed by atoms with Gasteiger partial charge < -0.3 is 0 Å². The van der Waals surface area contributed by atoms with Crippen LogP contribution in [-0.4, -0.2) is 0 Å². The molecule has 0 nitrogen and oxygen atoms in total.